The second-order valence-corrected chi connectivity index (χ2v) is 5.11. The largest absolute Gasteiger partial charge is 0.381 e. The molecule has 1 N–H and O–H groups in total. The minimum absolute atomic E-state index is 0.529. The van der Waals surface area contributed by atoms with Crippen molar-refractivity contribution in [3.8, 4) is 0 Å². The molecule has 0 aromatic heterocycles. The Balaban J connectivity index is 2.19. The summed E-state index contributed by atoms with van der Waals surface area (Å²) >= 11 is 18.1. The molecule has 18 heavy (non-hydrogen) atoms. The highest BCUT2D eigenvalue weighted by atomic mass is 35.5. The Bertz CT molecular complexity index is 544. The molecular formula is C14H11Cl3N. The second kappa shape index (κ2) is 5.83. The van der Waals surface area contributed by atoms with E-state index in [0.717, 1.165) is 16.8 Å². The van der Waals surface area contributed by atoms with Crippen LogP contribution < -0.4 is 5.32 Å². The first-order valence-electron chi connectivity index (χ1n) is 5.36. The van der Waals surface area contributed by atoms with Crippen molar-refractivity contribution < 1.29 is 0 Å². The molecule has 0 bridgehead atoms. The summed E-state index contributed by atoms with van der Waals surface area (Å²) in [6.07, 6.45) is 0. The van der Waals surface area contributed by atoms with Gasteiger partial charge in [0.15, 0.2) is 0 Å². The van der Waals surface area contributed by atoms with E-state index in [1.54, 1.807) is 12.1 Å². The van der Waals surface area contributed by atoms with Crippen molar-refractivity contribution in [1.82, 2.24) is 0 Å². The van der Waals surface area contributed by atoms with Crippen molar-refractivity contribution in [1.29, 1.82) is 0 Å². The highest BCUT2D eigenvalue weighted by Gasteiger charge is 2.08. The molecule has 0 spiro atoms. The van der Waals surface area contributed by atoms with E-state index >= 15 is 0 Å². The van der Waals surface area contributed by atoms with E-state index in [1.807, 2.05) is 24.3 Å². The van der Waals surface area contributed by atoms with Crippen LogP contribution in [0.4, 0.5) is 5.69 Å². The standard InChI is InChI=1S/C14H11Cl3N/c1-9-4-2-3-5-14(9)18-8-11-12(16)6-10(15)7-13(11)17/h2-7,18H,1,8H2. The summed E-state index contributed by atoms with van der Waals surface area (Å²) in [6, 6.07) is 11.1. The van der Waals surface area contributed by atoms with Gasteiger partial charge in [-0.15, -0.1) is 0 Å². The predicted molar refractivity (Wildman–Crippen MR) is 79.7 cm³/mol. The van der Waals surface area contributed by atoms with Crippen LogP contribution in [0.3, 0.4) is 0 Å². The maximum atomic E-state index is 6.12. The molecule has 0 saturated heterocycles. The summed E-state index contributed by atoms with van der Waals surface area (Å²) in [4.78, 5) is 0. The Morgan fingerprint density at radius 2 is 1.61 bits per heavy atom. The van der Waals surface area contributed by atoms with Gasteiger partial charge in [0.2, 0.25) is 0 Å². The van der Waals surface area contributed by atoms with Crippen molar-refractivity contribution in [3.05, 3.63) is 69.5 Å². The summed E-state index contributed by atoms with van der Waals surface area (Å²) in [5.74, 6) is 0. The molecule has 0 saturated carbocycles. The lowest BCUT2D eigenvalue weighted by Crippen LogP contribution is -2.02. The molecule has 0 aliphatic rings. The van der Waals surface area contributed by atoms with Gasteiger partial charge in [-0.05, 0) is 30.7 Å². The topological polar surface area (TPSA) is 12.0 Å². The molecule has 2 aromatic rings. The molecule has 0 atom stereocenters. The van der Waals surface area contributed by atoms with E-state index in [9.17, 15) is 0 Å². The summed E-state index contributed by atoms with van der Waals surface area (Å²) in [7, 11) is 0. The lowest BCUT2D eigenvalue weighted by molar-refractivity contribution is 1.15. The molecule has 0 amide bonds. The highest BCUT2D eigenvalue weighted by Crippen LogP contribution is 2.29. The van der Waals surface area contributed by atoms with Gasteiger partial charge in [0, 0.05) is 32.9 Å². The molecule has 1 radical (unpaired) electrons. The quantitative estimate of drug-likeness (QED) is 0.795. The van der Waals surface area contributed by atoms with Crippen LogP contribution in [-0.4, -0.2) is 0 Å². The lowest BCUT2D eigenvalue weighted by Gasteiger charge is -2.12. The van der Waals surface area contributed by atoms with Gasteiger partial charge in [-0.2, -0.15) is 0 Å². The SMILES string of the molecule is [CH2]c1ccccc1NCc1c(Cl)cc(Cl)cc1Cl. The number of halogens is 3. The number of benzene rings is 2. The third-order valence-corrected chi connectivity index (χ3v) is 3.47. The van der Waals surface area contributed by atoms with Gasteiger partial charge in [-0.1, -0.05) is 53.0 Å². The van der Waals surface area contributed by atoms with Gasteiger partial charge < -0.3 is 5.32 Å². The molecule has 0 aliphatic carbocycles. The molecule has 4 heteroatoms. The van der Waals surface area contributed by atoms with Gasteiger partial charge >= 0.3 is 0 Å². The Morgan fingerprint density at radius 3 is 2.22 bits per heavy atom. The van der Waals surface area contributed by atoms with E-state index in [4.69, 9.17) is 34.8 Å². The fourth-order valence-electron chi connectivity index (χ4n) is 1.62. The molecular weight excluding hydrogens is 289 g/mol. The minimum Gasteiger partial charge on any atom is -0.381 e. The monoisotopic (exact) mass is 298 g/mol. The first-order chi connectivity index (χ1) is 8.58. The Morgan fingerprint density at radius 1 is 1.00 bits per heavy atom. The maximum Gasteiger partial charge on any atom is 0.0485 e. The van der Waals surface area contributed by atoms with Gasteiger partial charge in [0.1, 0.15) is 0 Å². The molecule has 0 unspecified atom stereocenters. The number of nitrogens with one attached hydrogen (secondary N) is 1. The minimum atomic E-state index is 0.529. The number of rotatable bonds is 3. The van der Waals surface area contributed by atoms with Crippen LogP contribution in [0.25, 0.3) is 0 Å². The number of anilines is 1. The lowest BCUT2D eigenvalue weighted by atomic mass is 10.1. The van der Waals surface area contributed by atoms with E-state index in [2.05, 4.69) is 12.2 Å². The van der Waals surface area contributed by atoms with Crippen molar-refractivity contribution in [3.63, 3.8) is 0 Å². The average Bonchev–Trinajstić information content (AvgIpc) is 2.30. The summed E-state index contributed by atoms with van der Waals surface area (Å²) in [5.41, 5.74) is 2.71. The van der Waals surface area contributed by atoms with E-state index < -0.39 is 0 Å². The molecule has 1 nitrogen and oxygen atoms in total. The number of hydrogen-bond acceptors (Lipinski definition) is 1. The molecule has 0 heterocycles. The van der Waals surface area contributed by atoms with Crippen LogP contribution in [0, 0.1) is 6.92 Å². The Kier molecular flexibility index (Phi) is 4.39. The fourth-order valence-corrected chi connectivity index (χ4v) is 2.57. The van der Waals surface area contributed by atoms with E-state index in [-0.39, 0.29) is 0 Å². The van der Waals surface area contributed by atoms with Crippen LogP contribution in [0.15, 0.2) is 36.4 Å². The van der Waals surface area contributed by atoms with Crippen LogP contribution in [0.1, 0.15) is 11.1 Å². The molecule has 93 valence electrons. The fraction of sp³-hybridized carbons (Fsp3) is 0.0714. The summed E-state index contributed by atoms with van der Waals surface area (Å²) in [5, 5.41) is 4.90. The van der Waals surface area contributed by atoms with Gasteiger partial charge in [0.05, 0.1) is 0 Å². The zero-order valence-corrected chi connectivity index (χ0v) is 11.8. The van der Waals surface area contributed by atoms with Crippen LogP contribution >= 0.6 is 34.8 Å². The second-order valence-electron chi connectivity index (χ2n) is 3.86. The molecule has 2 aromatic carbocycles. The first kappa shape index (κ1) is 13.5. The average molecular weight is 300 g/mol. The van der Waals surface area contributed by atoms with Crippen LogP contribution in [0.5, 0.6) is 0 Å². The third kappa shape index (κ3) is 3.11. The predicted octanol–water partition coefficient (Wildman–Crippen LogP) is 5.44. The van der Waals surface area contributed by atoms with Crippen LogP contribution in [0.2, 0.25) is 15.1 Å². The van der Waals surface area contributed by atoms with Crippen molar-refractivity contribution >= 4 is 40.5 Å². The van der Waals surface area contributed by atoms with Gasteiger partial charge in [-0.25, -0.2) is 0 Å². The van der Waals surface area contributed by atoms with Crippen molar-refractivity contribution in [2.24, 2.45) is 0 Å². The van der Waals surface area contributed by atoms with Crippen molar-refractivity contribution in [2.45, 2.75) is 6.54 Å². The van der Waals surface area contributed by atoms with E-state index in [1.165, 1.54) is 0 Å². The zero-order valence-electron chi connectivity index (χ0n) is 9.51. The first-order valence-corrected chi connectivity index (χ1v) is 6.49. The zero-order chi connectivity index (χ0) is 13.1. The summed E-state index contributed by atoms with van der Waals surface area (Å²) < 4.78 is 0. The normalized spacial score (nSPS) is 10.4. The summed E-state index contributed by atoms with van der Waals surface area (Å²) in [6.45, 7) is 4.47. The number of para-hydroxylation sites is 1. The van der Waals surface area contributed by atoms with Crippen molar-refractivity contribution in [2.75, 3.05) is 5.32 Å². The highest BCUT2D eigenvalue weighted by molar-refractivity contribution is 6.39. The molecule has 2 rings (SSSR count). The molecule has 0 fully saturated rings. The van der Waals surface area contributed by atoms with Gasteiger partial charge in [-0.3, -0.25) is 0 Å². The van der Waals surface area contributed by atoms with E-state index in [0.29, 0.717) is 21.6 Å². The van der Waals surface area contributed by atoms with Crippen LogP contribution in [-0.2, 0) is 6.54 Å². The Hall–Kier alpha value is -0.890. The smallest absolute Gasteiger partial charge is 0.0485 e. The number of hydrogen-bond donors (Lipinski definition) is 1. The Labute approximate surface area is 122 Å². The molecule has 0 aliphatic heterocycles. The third-order valence-electron chi connectivity index (χ3n) is 2.58. The maximum absolute atomic E-state index is 6.12. The van der Waals surface area contributed by atoms with Gasteiger partial charge in [0.25, 0.3) is 0 Å².